The molecule has 2 aromatic carbocycles. The van der Waals surface area contributed by atoms with E-state index in [1.807, 2.05) is 60.7 Å². The van der Waals surface area contributed by atoms with Gasteiger partial charge in [0.2, 0.25) is 0 Å². The standard InChI is InChI=1S/C21H19ClN2O2/c1-15(26-19-13-6-5-11-17(19)22)21(25)24-20(16-9-3-2-4-10-16)18-12-7-8-14-23-18/h2-15,20H,1H3,(H,24,25). The first-order valence-corrected chi connectivity index (χ1v) is 8.70. The van der Waals surface area contributed by atoms with Crippen LogP contribution in [0, 0.1) is 0 Å². The summed E-state index contributed by atoms with van der Waals surface area (Å²) in [4.78, 5) is 17.1. The first-order chi connectivity index (χ1) is 12.6. The zero-order valence-electron chi connectivity index (χ0n) is 14.3. The molecule has 1 N–H and O–H groups in total. The predicted octanol–water partition coefficient (Wildman–Crippen LogP) is 4.41. The molecule has 0 aliphatic rings. The lowest BCUT2D eigenvalue weighted by atomic mass is 10.0. The fourth-order valence-corrected chi connectivity index (χ4v) is 2.74. The van der Waals surface area contributed by atoms with E-state index in [-0.39, 0.29) is 11.9 Å². The number of para-hydroxylation sites is 1. The van der Waals surface area contributed by atoms with E-state index >= 15 is 0 Å². The molecule has 0 aliphatic carbocycles. The van der Waals surface area contributed by atoms with Gasteiger partial charge in [-0.25, -0.2) is 0 Å². The molecule has 2 unspecified atom stereocenters. The summed E-state index contributed by atoms with van der Waals surface area (Å²) >= 11 is 6.10. The van der Waals surface area contributed by atoms with Crippen molar-refractivity contribution in [3.8, 4) is 5.75 Å². The van der Waals surface area contributed by atoms with Gasteiger partial charge in [-0.3, -0.25) is 9.78 Å². The van der Waals surface area contributed by atoms with Crippen LogP contribution in [0.25, 0.3) is 0 Å². The van der Waals surface area contributed by atoms with Gasteiger partial charge >= 0.3 is 0 Å². The summed E-state index contributed by atoms with van der Waals surface area (Å²) in [7, 11) is 0. The topological polar surface area (TPSA) is 51.2 Å². The summed E-state index contributed by atoms with van der Waals surface area (Å²) in [6.07, 6.45) is 1.01. The summed E-state index contributed by atoms with van der Waals surface area (Å²) in [5.41, 5.74) is 1.71. The van der Waals surface area contributed by atoms with Gasteiger partial charge in [-0.1, -0.05) is 60.1 Å². The summed E-state index contributed by atoms with van der Waals surface area (Å²) < 4.78 is 5.72. The van der Waals surface area contributed by atoms with Gasteiger partial charge in [-0.2, -0.15) is 0 Å². The van der Waals surface area contributed by atoms with Crippen molar-refractivity contribution in [3.63, 3.8) is 0 Å². The molecule has 3 rings (SSSR count). The van der Waals surface area contributed by atoms with Crippen molar-refractivity contribution in [2.75, 3.05) is 0 Å². The SMILES string of the molecule is CC(Oc1ccccc1Cl)C(=O)NC(c1ccccc1)c1ccccn1. The monoisotopic (exact) mass is 366 g/mol. The second-order valence-electron chi connectivity index (χ2n) is 5.80. The number of pyridine rings is 1. The molecule has 0 bridgehead atoms. The average Bonchev–Trinajstić information content (AvgIpc) is 2.69. The molecule has 0 aliphatic heterocycles. The number of amides is 1. The molecule has 1 aromatic heterocycles. The number of nitrogens with one attached hydrogen (secondary N) is 1. The minimum Gasteiger partial charge on any atom is -0.479 e. The van der Waals surface area contributed by atoms with E-state index < -0.39 is 6.10 Å². The maximum atomic E-state index is 12.7. The van der Waals surface area contributed by atoms with Crippen LogP contribution in [-0.2, 0) is 4.79 Å². The number of hydrogen-bond acceptors (Lipinski definition) is 3. The van der Waals surface area contributed by atoms with Crippen molar-refractivity contribution in [1.29, 1.82) is 0 Å². The fourth-order valence-electron chi connectivity index (χ4n) is 2.56. The summed E-state index contributed by atoms with van der Waals surface area (Å²) in [5.74, 6) is 0.232. The van der Waals surface area contributed by atoms with Crippen LogP contribution in [0.4, 0.5) is 0 Å². The second kappa shape index (κ2) is 8.50. The highest BCUT2D eigenvalue weighted by Gasteiger charge is 2.22. The number of aromatic nitrogens is 1. The fraction of sp³-hybridized carbons (Fsp3) is 0.143. The Morgan fingerprint density at radius 1 is 1.00 bits per heavy atom. The van der Waals surface area contributed by atoms with E-state index in [4.69, 9.17) is 16.3 Å². The zero-order chi connectivity index (χ0) is 18.4. The molecule has 0 saturated carbocycles. The highest BCUT2D eigenvalue weighted by molar-refractivity contribution is 6.32. The van der Waals surface area contributed by atoms with Crippen molar-refractivity contribution in [1.82, 2.24) is 10.3 Å². The highest BCUT2D eigenvalue weighted by atomic mass is 35.5. The van der Waals surface area contributed by atoms with Crippen LogP contribution in [0.3, 0.4) is 0 Å². The van der Waals surface area contributed by atoms with Gasteiger partial charge < -0.3 is 10.1 Å². The zero-order valence-corrected chi connectivity index (χ0v) is 15.1. The predicted molar refractivity (Wildman–Crippen MR) is 102 cm³/mol. The van der Waals surface area contributed by atoms with Crippen molar-refractivity contribution < 1.29 is 9.53 Å². The molecule has 5 heteroatoms. The van der Waals surface area contributed by atoms with Gasteiger partial charge in [0.25, 0.3) is 5.91 Å². The van der Waals surface area contributed by atoms with Gasteiger partial charge in [-0.05, 0) is 36.8 Å². The van der Waals surface area contributed by atoms with Gasteiger partial charge in [0, 0.05) is 6.20 Å². The van der Waals surface area contributed by atoms with Gasteiger partial charge in [0.15, 0.2) is 6.10 Å². The Balaban J connectivity index is 1.78. The molecule has 0 saturated heterocycles. The lowest BCUT2D eigenvalue weighted by Gasteiger charge is -2.22. The number of carbonyl (C=O) groups excluding carboxylic acids is 1. The van der Waals surface area contributed by atoms with E-state index in [1.165, 1.54) is 0 Å². The van der Waals surface area contributed by atoms with Crippen molar-refractivity contribution in [3.05, 3.63) is 95.3 Å². The molecular weight excluding hydrogens is 348 g/mol. The Bertz CT molecular complexity index is 817. The van der Waals surface area contributed by atoms with Crippen LogP contribution in [0.2, 0.25) is 5.02 Å². The van der Waals surface area contributed by atoms with Crippen molar-refractivity contribution >= 4 is 17.5 Å². The van der Waals surface area contributed by atoms with Crippen LogP contribution in [-0.4, -0.2) is 17.0 Å². The van der Waals surface area contributed by atoms with Crippen molar-refractivity contribution in [2.24, 2.45) is 0 Å². The summed E-state index contributed by atoms with van der Waals surface area (Å²) in [6, 6.07) is 22.1. The lowest BCUT2D eigenvalue weighted by Crippen LogP contribution is -2.39. The highest BCUT2D eigenvalue weighted by Crippen LogP contribution is 2.25. The molecule has 0 spiro atoms. The third-order valence-electron chi connectivity index (χ3n) is 3.91. The normalized spacial score (nSPS) is 12.8. The van der Waals surface area contributed by atoms with Crippen LogP contribution in [0.5, 0.6) is 5.75 Å². The second-order valence-corrected chi connectivity index (χ2v) is 6.20. The van der Waals surface area contributed by atoms with Crippen LogP contribution >= 0.6 is 11.6 Å². The minimum absolute atomic E-state index is 0.246. The molecule has 0 fully saturated rings. The minimum atomic E-state index is -0.704. The van der Waals surface area contributed by atoms with E-state index in [9.17, 15) is 4.79 Å². The van der Waals surface area contributed by atoms with E-state index in [0.717, 1.165) is 11.3 Å². The maximum absolute atomic E-state index is 12.7. The van der Waals surface area contributed by atoms with Crippen LogP contribution < -0.4 is 10.1 Å². The number of benzene rings is 2. The molecule has 4 nitrogen and oxygen atoms in total. The maximum Gasteiger partial charge on any atom is 0.261 e. The van der Waals surface area contributed by atoms with Gasteiger partial charge in [0.05, 0.1) is 16.8 Å². The first-order valence-electron chi connectivity index (χ1n) is 8.32. The van der Waals surface area contributed by atoms with Crippen LogP contribution in [0.15, 0.2) is 79.0 Å². The molecule has 0 radical (unpaired) electrons. The van der Waals surface area contributed by atoms with Gasteiger partial charge in [0.1, 0.15) is 5.75 Å². The quantitative estimate of drug-likeness (QED) is 0.703. The van der Waals surface area contributed by atoms with E-state index in [1.54, 1.807) is 25.3 Å². The molecular formula is C21H19ClN2O2. The smallest absolute Gasteiger partial charge is 0.261 e. The number of halogens is 1. The van der Waals surface area contributed by atoms with E-state index in [0.29, 0.717) is 10.8 Å². The first kappa shape index (κ1) is 18.0. The number of rotatable bonds is 6. The van der Waals surface area contributed by atoms with Crippen molar-refractivity contribution in [2.45, 2.75) is 19.1 Å². The molecule has 1 heterocycles. The number of hydrogen-bond donors (Lipinski definition) is 1. The average molecular weight is 367 g/mol. The lowest BCUT2D eigenvalue weighted by molar-refractivity contribution is -0.127. The van der Waals surface area contributed by atoms with Crippen LogP contribution in [0.1, 0.15) is 24.2 Å². The Hall–Kier alpha value is -2.85. The largest absolute Gasteiger partial charge is 0.479 e. The van der Waals surface area contributed by atoms with E-state index in [2.05, 4.69) is 10.3 Å². The molecule has 1 amide bonds. The van der Waals surface area contributed by atoms with Gasteiger partial charge in [-0.15, -0.1) is 0 Å². The Kier molecular flexibility index (Phi) is 5.87. The number of nitrogens with zero attached hydrogens (tertiary/aromatic N) is 1. The Morgan fingerprint density at radius 3 is 2.38 bits per heavy atom. The number of carbonyl (C=O) groups is 1. The number of ether oxygens (including phenoxy) is 1. The molecule has 26 heavy (non-hydrogen) atoms. The third kappa shape index (κ3) is 4.41. The molecule has 3 aromatic rings. The summed E-state index contributed by atoms with van der Waals surface area (Å²) in [5, 5.41) is 3.49. The Labute approximate surface area is 157 Å². The molecule has 132 valence electrons. The molecule has 2 atom stereocenters. The summed E-state index contributed by atoms with van der Waals surface area (Å²) in [6.45, 7) is 1.69. The third-order valence-corrected chi connectivity index (χ3v) is 4.22. The Morgan fingerprint density at radius 2 is 1.69 bits per heavy atom.